The average molecular weight is 537 g/mol. The standard InChI is InChI=1S/C26H27F3N2O5S/c1-5-36-25(37-14-16-8-7-11-30-13-16)22-21(24(33)35-4)20(19(15(2)31-22)23(32)34-3)17-9-6-10-18(12-17)26(27,28)29/h6-13,20,25,31H,5,14H2,1-4H3. The summed E-state index contributed by atoms with van der Waals surface area (Å²) in [5, 5.41) is 3.09. The normalized spacial score (nSPS) is 16.8. The van der Waals surface area contributed by atoms with Crippen molar-refractivity contribution in [2.75, 3.05) is 20.8 Å². The van der Waals surface area contributed by atoms with Gasteiger partial charge in [-0.1, -0.05) is 24.3 Å². The summed E-state index contributed by atoms with van der Waals surface area (Å²) in [6.45, 7) is 3.66. The second-order valence-electron chi connectivity index (χ2n) is 7.99. The van der Waals surface area contributed by atoms with Gasteiger partial charge in [-0.3, -0.25) is 4.98 Å². The van der Waals surface area contributed by atoms with Crippen LogP contribution in [-0.2, 0) is 35.7 Å². The summed E-state index contributed by atoms with van der Waals surface area (Å²) in [6.07, 6.45) is -1.28. The SMILES string of the molecule is CCOC(SCc1cccnc1)C1=C(C(=O)OC)C(c2cccc(C(F)(F)F)c2)C(C(=O)OC)=C(C)N1. The van der Waals surface area contributed by atoms with E-state index in [1.807, 2.05) is 6.07 Å². The van der Waals surface area contributed by atoms with Crippen LogP contribution in [0, 0.1) is 0 Å². The molecule has 2 atom stereocenters. The van der Waals surface area contributed by atoms with Crippen molar-refractivity contribution in [1.82, 2.24) is 10.3 Å². The monoisotopic (exact) mass is 536 g/mol. The predicted octanol–water partition coefficient (Wildman–Crippen LogP) is 4.96. The Morgan fingerprint density at radius 1 is 1.11 bits per heavy atom. The zero-order valence-corrected chi connectivity index (χ0v) is 21.5. The molecule has 0 spiro atoms. The number of ether oxygens (including phenoxy) is 3. The Bertz CT molecular complexity index is 1200. The van der Waals surface area contributed by atoms with E-state index in [0.717, 1.165) is 31.9 Å². The van der Waals surface area contributed by atoms with Crippen molar-refractivity contribution in [2.45, 2.75) is 37.1 Å². The van der Waals surface area contributed by atoms with Crippen molar-refractivity contribution >= 4 is 23.7 Å². The summed E-state index contributed by atoms with van der Waals surface area (Å²) in [6, 6.07) is 8.19. The van der Waals surface area contributed by atoms with E-state index in [1.54, 1.807) is 32.3 Å². The van der Waals surface area contributed by atoms with Gasteiger partial charge in [0.2, 0.25) is 0 Å². The number of hydrogen-bond donors (Lipinski definition) is 1. The molecular formula is C26H27F3N2O5S. The molecule has 0 bridgehead atoms. The average Bonchev–Trinajstić information content (AvgIpc) is 2.89. The van der Waals surface area contributed by atoms with E-state index in [1.165, 1.54) is 23.9 Å². The molecule has 2 heterocycles. The third-order valence-corrected chi connectivity index (χ3v) is 6.80. The largest absolute Gasteiger partial charge is 0.466 e. The van der Waals surface area contributed by atoms with Crippen molar-refractivity contribution in [1.29, 1.82) is 0 Å². The highest BCUT2D eigenvalue weighted by Crippen LogP contribution is 2.43. The van der Waals surface area contributed by atoms with Gasteiger partial charge >= 0.3 is 18.1 Å². The maximum absolute atomic E-state index is 13.6. The number of carbonyl (C=O) groups excluding carboxylic acids is 2. The Labute approximate surface area is 217 Å². The number of hydrogen-bond acceptors (Lipinski definition) is 8. The fourth-order valence-corrected chi connectivity index (χ4v) is 5.11. The zero-order chi connectivity index (χ0) is 27.2. The molecule has 1 aromatic carbocycles. The molecule has 1 aromatic heterocycles. The Morgan fingerprint density at radius 2 is 1.81 bits per heavy atom. The summed E-state index contributed by atoms with van der Waals surface area (Å²) in [7, 11) is 2.33. The van der Waals surface area contributed by atoms with E-state index >= 15 is 0 Å². The highest BCUT2D eigenvalue weighted by atomic mass is 32.2. The smallest absolute Gasteiger partial charge is 0.416 e. The fraction of sp³-hybridized carbons (Fsp3) is 0.346. The molecule has 7 nitrogen and oxygen atoms in total. The predicted molar refractivity (Wildman–Crippen MR) is 132 cm³/mol. The number of thioether (sulfide) groups is 1. The third kappa shape index (κ3) is 6.53. The minimum atomic E-state index is -4.63. The summed E-state index contributed by atoms with van der Waals surface area (Å²) in [4.78, 5) is 30.2. The first-order valence-corrected chi connectivity index (χ1v) is 12.3. The van der Waals surface area contributed by atoms with E-state index < -0.39 is 35.0 Å². The number of rotatable bonds is 9. The molecule has 2 unspecified atom stereocenters. The molecule has 0 aliphatic carbocycles. The second kappa shape index (κ2) is 12.3. The summed E-state index contributed by atoms with van der Waals surface area (Å²) < 4.78 is 56.7. The number of aromatic nitrogens is 1. The molecule has 0 radical (unpaired) electrons. The lowest BCUT2D eigenvalue weighted by Gasteiger charge is -2.34. The summed E-state index contributed by atoms with van der Waals surface area (Å²) in [5.74, 6) is -2.33. The van der Waals surface area contributed by atoms with Gasteiger partial charge in [0, 0.05) is 30.5 Å². The van der Waals surface area contributed by atoms with Crippen LogP contribution >= 0.6 is 11.8 Å². The highest BCUT2D eigenvalue weighted by Gasteiger charge is 2.42. The van der Waals surface area contributed by atoms with Gasteiger partial charge in [0.05, 0.1) is 42.5 Å². The third-order valence-electron chi connectivity index (χ3n) is 5.63. The van der Waals surface area contributed by atoms with E-state index in [2.05, 4.69) is 10.3 Å². The van der Waals surface area contributed by atoms with Gasteiger partial charge in [-0.15, -0.1) is 11.8 Å². The van der Waals surface area contributed by atoms with Crippen LogP contribution in [0.3, 0.4) is 0 Å². The van der Waals surface area contributed by atoms with Crippen LogP contribution in [0.4, 0.5) is 13.2 Å². The Kier molecular flexibility index (Phi) is 9.39. The van der Waals surface area contributed by atoms with Gasteiger partial charge in [-0.05, 0) is 37.1 Å². The first-order chi connectivity index (χ1) is 17.6. The lowest BCUT2D eigenvalue weighted by molar-refractivity contribution is -0.138. The van der Waals surface area contributed by atoms with Gasteiger partial charge in [0.15, 0.2) is 0 Å². The molecule has 1 aliphatic heterocycles. The van der Waals surface area contributed by atoms with Gasteiger partial charge in [-0.25, -0.2) is 9.59 Å². The summed E-state index contributed by atoms with van der Waals surface area (Å²) >= 11 is 1.35. The van der Waals surface area contributed by atoms with Crippen molar-refractivity contribution < 1.29 is 37.0 Å². The molecule has 0 amide bonds. The minimum absolute atomic E-state index is 0.00141. The number of esters is 2. The number of nitrogens with zero attached hydrogens (tertiary/aromatic N) is 1. The molecule has 1 aliphatic rings. The first-order valence-electron chi connectivity index (χ1n) is 11.3. The van der Waals surface area contributed by atoms with Crippen LogP contribution in [-0.4, -0.2) is 43.2 Å². The van der Waals surface area contributed by atoms with Crippen molar-refractivity contribution in [3.05, 3.63) is 88.0 Å². The lowest BCUT2D eigenvalue weighted by atomic mass is 9.79. The summed E-state index contributed by atoms with van der Waals surface area (Å²) in [5.41, 5.74) is -0.0842. The van der Waals surface area contributed by atoms with Crippen LogP contribution < -0.4 is 5.32 Å². The number of methoxy groups -OCH3 is 2. The van der Waals surface area contributed by atoms with E-state index in [0.29, 0.717) is 11.4 Å². The number of allylic oxidation sites excluding steroid dienone is 1. The molecule has 37 heavy (non-hydrogen) atoms. The van der Waals surface area contributed by atoms with E-state index in [-0.39, 0.29) is 29.0 Å². The van der Waals surface area contributed by atoms with Crippen LogP contribution in [0.5, 0.6) is 0 Å². The Balaban J connectivity index is 2.21. The molecule has 11 heteroatoms. The lowest BCUT2D eigenvalue weighted by Crippen LogP contribution is -2.37. The quantitative estimate of drug-likeness (QED) is 0.356. The molecule has 0 fully saturated rings. The molecule has 0 saturated heterocycles. The molecule has 3 rings (SSSR count). The maximum atomic E-state index is 13.6. The molecule has 2 aromatic rings. The van der Waals surface area contributed by atoms with E-state index in [9.17, 15) is 22.8 Å². The van der Waals surface area contributed by atoms with Gasteiger partial charge in [0.1, 0.15) is 5.44 Å². The van der Waals surface area contributed by atoms with Crippen LogP contribution in [0.2, 0.25) is 0 Å². The zero-order valence-electron chi connectivity index (χ0n) is 20.7. The highest BCUT2D eigenvalue weighted by molar-refractivity contribution is 7.99. The topological polar surface area (TPSA) is 86.8 Å². The van der Waals surface area contributed by atoms with Crippen LogP contribution in [0.15, 0.2) is 71.3 Å². The maximum Gasteiger partial charge on any atom is 0.416 e. The second-order valence-corrected chi connectivity index (χ2v) is 9.04. The fourth-order valence-electron chi connectivity index (χ4n) is 4.01. The molecule has 1 N–H and O–H groups in total. The van der Waals surface area contributed by atoms with Crippen molar-refractivity contribution in [2.24, 2.45) is 0 Å². The number of dihydropyridines is 1. The Hall–Kier alpha value is -3.31. The number of halogens is 3. The van der Waals surface area contributed by atoms with Crippen LogP contribution in [0.1, 0.15) is 36.5 Å². The van der Waals surface area contributed by atoms with Crippen LogP contribution in [0.25, 0.3) is 0 Å². The Morgan fingerprint density at radius 3 is 2.41 bits per heavy atom. The number of pyridine rings is 1. The molecular weight excluding hydrogens is 509 g/mol. The minimum Gasteiger partial charge on any atom is -0.466 e. The van der Waals surface area contributed by atoms with E-state index in [4.69, 9.17) is 14.2 Å². The first kappa shape index (κ1) is 28.3. The van der Waals surface area contributed by atoms with Gasteiger partial charge < -0.3 is 19.5 Å². The van der Waals surface area contributed by atoms with Gasteiger partial charge in [0.25, 0.3) is 0 Å². The number of nitrogens with one attached hydrogen (secondary N) is 1. The molecule has 198 valence electrons. The number of alkyl halides is 3. The van der Waals surface area contributed by atoms with Crippen molar-refractivity contribution in [3.63, 3.8) is 0 Å². The number of carbonyl (C=O) groups is 2. The van der Waals surface area contributed by atoms with Crippen molar-refractivity contribution in [3.8, 4) is 0 Å². The van der Waals surface area contributed by atoms with Gasteiger partial charge in [-0.2, -0.15) is 13.2 Å². The molecule has 0 saturated carbocycles. The number of benzene rings is 1.